The highest BCUT2D eigenvalue weighted by Gasteiger charge is 2.23. The molecule has 5 heteroatoms. The van der Waals surface area contributed by atoms with Crippen LogP contribution in [0.15, 0.2) is 18.2 Å². The van der Waals surface area contributed by atoms with E-state index in [2.05, 4.69) is 10.6 Å². The van der Waals surface area contributed by atoms with Crippen molar-refractivity contribution < 1.29 is 13.9 Å². The first-order valence-corrected chi connectivity index (χ1v) is 6.97. The largest absolute Gasteiger partial charge is 0.376 e. The minimum atomic E-state index is -0.231. The van der Waals surface area contributed by atoms with Crippen LogP contribution in [-0.4, -0.2) is 24.8 Å². The zero-order valence-electron chi connectivity index (χ0n) is 11.9. The van der Waals surface area contributed by atoms with Gasteiger partial charge in [0.05, 0.1) is 12.1 Å². The number of hydrogen-bond acceptors (Lipinski definition) is 2. The molecule has 0 aromatic heterocycles. The summed E-state index contributed by atoms with van der Waals surface area (Å²) in [5.41, 5.74) is 1.46. The molecule has 1 heterocycles. The maximum absolute atomic E-state index is 13.1. The Morgan fingerprint density at radius 1 is 1.55 bits per heavy atom. The van der Waals surface area contributed by atoms with Gasteiger partial charge in [-0.3, -0.25) is 0 Å². The van der Waals surface area contributed by atoms with Crippen LogP contribution in [0.3, 0.4) is 0 Å². The maximum Gasteiger partial charge on any atom is 0.315 e. The molecule has 1 aromatic rings. The Balaban J connectivity index is 1.78. The van der Waals surface area contributed by atoms with Crippen molar-refractivity contribution in [1.82, 2.24) is 10.6 Å². The summed E-state index contributed by atoms with van der Waals surface area (Å²) < 4.78 is 18.7. The molecule has 1 aromatic carbocycles. The van der Waals surface area contributed by atoms with Crippen molar-refractivity contribution in [2.75, 3.05) is 6.61 Å². The molecule has 2 atom stereocenters. The van der Waals surface area contributed by atoms with Crippen LogP contribution >= 0.6 is 0 Å². The van der Waals surface area contributed by atoms with Gasteiger partial charge in [0.2, 0.25) is 0 Å². The molecular formula is C15H21FN2O2. The number of hydrogen-bond donors (Lipinski definition) is 2. The third kappa shape index (κ3) is 3.93. The van der Waals surface area contributed by atoms with Gasteiger partial charge in [-0.1, -0.05) is 12.1 Å². The van der Waals surface area contributed by atoms with E-state index in [1.807, 2.05) is 6.92 Å². The predicted octanol–water partition coefficient (Wildman–Crippen LogP) is 2.50. The Labute approximate surface area is 118 Å². The van der Waals surface area contributed by atoms with Crippen molar-refractivity contribution in [3.8, 4) is 0 Å². The fourth-order valence-electron chi connectivity index (χ4n) is 2.35. The molecule has 4 nitrogen and oxygen atoms in total. The Morgan fingerprint density at radius 3 is 3.00 bits per heavy atom. The Morgan fingerprint density at radius 2 is 2.35 bits per heavy atom. The van der Waals surface area contributed by atoms with Gasteiger partial charge in [-0.15, -0.1) is 0 Å². The molecule has 2 N–H and O–H groups in total. The van der Waals surface area contributed by atoms with E-state index >= 15 is 0 Å². The van der Waals surface area contributed by atoms with E-state index in [4.69, 9.17) is 4.74 Å². The van der Waals surface area contributed by atoms with Crippen molar-refractivity contribution in [3.63, 3.8) is 0 Å². The molecule has 20 heavy (non-hydrogen) atoms. The summed E-state index contributed by atoms with van der Waals surface area (Å²) in [7, 11) is 0. The number of urea groups is 1. The first kappa shape index (κ1) is 14.8. The molecule has 0 radical (unpaired) electrons. The van der Waals surface area contributed by atoms with E-state index in [1.165, 1.54) is 6.07 Å². The molecule has 1 aliphatic heterocycles. The monoisotopic (exact) mass is 280 g/mol. The molecule has 1 fully saturated rings. The minimum Gasteiger partial charge on any atom is -0.376 e. The van der Waals surface area contributed by atoms with E-state index in [0.717, 1.165) is 25.0 Å². The van der Waals surface area contributed by atoms with Crippen LogP contribution in [0.5, 0.6) is 0 Å². The van der Waals surface area contributed by atoms with Gasteiger partial charge >= 0.3 is 6.03 Å². The molecule has 2 unspecified atom stereocenters. The van der Waals surface area contributed by atoms with Crippen LogP contribution in [0.1, 0.15) is 30.9 Å². The predicted molar refractivity (Wildman–Crippen MR) is 74.9 cm³/mol. The van der Waals surface area contributed by atoms with E-state index in [1.54, 1.807) is 19.1 Å². The molecule has 1 saturated heterocycles. The van der Waals surface area contributed by atoms with Crippen molar-refractivity contribution in [3.05, 3.63) is 35.1 Å². The maximum atomic E-state index is 13.1. The summed E-state index contributed by atoms with van der Waals surface area (Å²) in [6.45, 7) is 4.80. The zero-order valence-corrected chi connectivity index (χ0v) is 11.9. The van der Waals surface area contributed by atoms with Crippen molar-refractivity contribution in [1.29, 1.82) is 0 Å². The first-order chi connectivity index (χ1) is 9.56. The summed E-state index contributed by atoms with van der Waals surface area (Å²) in [5, 5.41) is 5.64. The Hall–Kier alpha value is -1.62. The van der Waals surface area contributed by atoms with Gasteiger partial charge in [0, 0.05) is 13.2 Å². The lowest BCUT2D eigenvalue weighted by molar-refractivity contribution is 0.0860. The third-order valence-corrected chi connectivity index (χ3v) is 3.56. The fraction of sp³-hybridized carbons (Fsp3) is 0.533. The number of carbonyl (C=O) groups excluding carboxylic acids is 1. The summed E-state index contributed by atoms with van der Waals surface area (Å²) >= 11 is 0. The number of nitrogens with one attached hydrogen (secondary N) is 2. The lowest BCUT2D eigenvalue weighted by atomic mass is 10.1. The number of carbonyl (C=O) groups is 1. The molecular weight excluding hydrogens is 259 g/mol. The van der Waals surface area contributed by atoms with Crippen LogP contribution in [0.4, 0.5) is 9.18 Å². The second kappa shape index (κ2) is 6.70. The summed E-state index contributed by atoms with van der Waals surface area (Å²) in [4.78, 5) is 11.8. The van der Waals surface area contributed by atoms with Crippen molar-refractivity contribution in [2.45, 2.75) is 45.4 Å². The second-order valence-corrected chi connectivity index (χ2v) is 5.25. The number of benzene rings is 1. The zero-order chi connectivity index (χ0) is 14.5. The van der Waals surface area contributed by atoms with Crippen LogP contribution in [-0.2, 0) is 11.3 Å². The molecule has 2 amide bonds. The lowest BCUT2D eigenvalue weighted by Crippen LogP contribution is -2.45. The Bertz CT molecular complexity index is 473. The first-order valence-electron chi connectivity index (χ1n) is 6.97. The van der Waals surface area contributed by atoms with E-state index in [0.29, 0.717) is 12.1 Å². The topological polar surface area (TPSA) is 50.4 Å². The van der Waals surface area contributed by atoms with Gasteiger partial charge in [0.1, 0.15) is 5.82 Å². The van der Waals surface area contributed by atoms with Crippen molar-refractivity contribution >= 4 is 6.03 Å². The molecule has 0 bridgehead atoms. The van der Waals surface area contributed by atoms with Gasteiger partial charge in [0.15, 0.2) is 0 Å². The quantitative estimate of drug-likeness (QED) is 0.890. The number of ether oxygens (including phenoxy) is 1. The average Bonchev–Trinajstić information content (AvgIpc) is 2.94. The fourth-order valence-corrected chi connectivity index (χ4v) is 2.35. The highest BCUT2D eigenvalue weighted by molar-refractivity contribution is 5.74. The van der Waals surface area contributed by atoms with E-state index in [9.17, 15) is 9.18 Å². The number of halogens is 1. The highest BCUT2D eigenvalue weighted by atomic mass is 19.1. The van der Waals surface area contributed by atoms with E-state index in [-0.39, 0.29) is 24.0 Å². The van der Waals surface area contributed by atoms with Gasteiger partial charge in [-0.2, -0.15) is 0 Å². The van der Waals surface area contributed by atoms with Gasteiger partial charge in [0.25, 0.3) is 0 Å². The second-order valence-electron chi connectivity index (χ2n) is 5.25. The normalized spacial score (nSPS) is 19.6. The molecule has 0 aliphatic carbocycles. The van der Waals surface area contributed by atoms with Gasteiger partial charge in [-0.25, -0.2) is 9.18 Å². The van der Waals surface area contributed by atoms with Crippen molar-refractivity contribution in [2.24, 2.45) is 0 Å². The smallest absolute Gasteiger partial charge is 0.315 e. The van der Waals surface area contributed by atoms with E-state index < -0.39 is 0 Å². The lowest BCUT2D eigenvalue weighted by Gasteiger charge is -2.20. The Kier molecular flexibility index (Phi) is 4.95. The number of rotatable bonds is 4. The highest BCUT2D eigenvalue weighted by Crippen LogP contribution is 2.15. The standard InChI is InChI=1S/C15H21FN2O2/c1-10-8-12(5-6-13(10)16)9-17-15(19)18-11(2)14-4-3-7-20-14/h5-6,8,11,14H,3-4,7,9H2,1-2H3,(H2,17,18,19). The summed E-state index contributed by atoms with van der Waals surface area (Å²) in [5.74, 6) is -0.231. The molecule has 2 rings (SSSR count). The molecule has 0 spiro atoms. The minimum absolute atomic E-state index is 0.00699. The molecule has 0 saturated carbocycles. The SMILES string of the molecule is Cc1cc(CNC(=O)NC(C)C2CCCO2)ccc1F. The van der Waals surface area contributed by atoms with Gasteiger partial charge in [-0.05, 0) is 43.9 Å². The number of aryl methyl sites for hydroxylation is 1. The van der Waals surface area contributed by atoms with Gasteiger partial charge < -0.3 is 15.4 Å². The van der Waals surface area contributed by atoms with Crippen LogP contribution in [0.25, 0.3) is 0 Å². The molecule has 1 aliphatic rings. The average molecular weight is 280 g/mol. The van der Waals surface area contributed by atoms with Crippen LogP contribution < -0.4 is 10.6 Å². The summed E-state index contributed by atoms with van der Waals surface area (Å²) in [6, 6.07) is 4.59. The molecule has 110 valence electrons. The third-order valence-electron chi connectivity index (χ3n) is 3.56. The van der Waals surface area contributed by atoms with Crippen LogP contribution in [0, 0.1) is 12.7 Å². The summed E-state index contributed by atoms with van der Waals surface area (Å²) in [6.07, 6.45) is 2.14. The van der Waals surface area contributed by atoms with Crippen LogP contribution in [0.2, 0.25) is 0 Å². The number of amides is 2.